The average Bonchev–Trinajstić information content (AvgIpc) is 2.54. The number of hydrogen-bond acceptors (Lipinski definition) is 2. The van der Waals surface area contributed by atoms with Gasteiger partial charge in [0, 0.05) is 18.8 Å². The van der Waals surface area contributed by atoms with Crippen molar-refractivity contribution in [2.75, 3.05) is 24.5 Å². The van der Waals surface area contributed by atoms with Crippen LogP contribution in [-0.4, -0.2) is 25.5 Å². The summed E-state index contributed by atoms with van der Waals surface area (Å²) in [5.74, 6) is 0.128. The van der Waals surface area contributed by atoms with Crippen LogP contribution in [0.15, 0.2) is 24.3 Å². The highest BCUT2D eigenvalue weighted by Gasteiger charge is 2.16. The van der Waals surface area contributed by atoms with Crippen LogP contribution < -0.4 is 10.2 Å². The molecular formula is C13H18N2O. The lowest BCUT2D eigenvalue weighted by atomic mass is 10.1. The highest BCUT2D eigenvalue weighted by Crippen LogP contribution is 2.21. The van der Waals surface area contributed by atoms with Crippen LogP contribution in [0.25, 0.3) is 0 Å². The molecule has 1 aromatic rings. The molecule has 0 aliphatic carbocycles. The van der Waals surface area contributed by atoms with Gasteiger partial charge in [0.05, 0.1) is 6.54 Å². The van der Waals surface area contributed by atoms with E-state index < -0.39 is 0 Å². The molecule has 0 atom stereocenters. The van der Waals surface area contributed by atoms with Crippen LogP contribution in [0.2, 0.25) is 0 Å². The van der Waals surface area contributed by atoms with Crippen LogP contribution in [0.4, 0.5) is 5.69 Å². The summed E-state index contributed by atoms with van der Waals surface area (Å²) in [6.45, 7) is 4.38. The first-order valence-corrected chi connectivity index (χ1v) is 5.91. The van der Waals surface area contributed by atoms with Gasteiger partial charge in [-0.3, -0.25) is 4.79 Å². The fraction of sp³-hybridized carbons (Fsp3) is 0.462. The van der Waals surface area contributed by atoms with Gasteiger partial charge in [0.1, 0.15) is 0 Å². The van der Waals surface area contributed by atoms with Crippen molar-refractivity contribution in [3.8, 4) is 0 Å². The van der Waals surface area contributed by atoms with E-state index in [2.05, 4.69) is 35.3 Å². The zero-order valence-corrected chi connectivity index (χ0v) is 9.70. The van der Waals surface area contributed by atoms with Crippen LogP contribution in [0, 0.1) is 0 Å². The van der Waals surface area contributed by atoms with E-state index >= 15 is 0 Å². The van der Waals surface area contributed by atoms with E-state index in [4.69, 9.17) is 0 Å². The van der Waals surface area contributed by atoms with Crippen LogP contribution in [0.3, 0.4) is 0 Å². The van der Waals surface area contributed by atoms with Crippen molar-refractivity contribution in [2.45, 2.75) is 19.8 Å². The van der Waals surface area contributed by atoms with Gasteiger partial charge >= 0.3 is 0 Å². The molecule has 1 heterocycles. The Morgan fingerprint density at radius 2 is 2.19 bits per heavy atom. The predicted molar refractivity (Wildman–Crippen MR) is 65.7 cm³/mol. The first-order valence-electron chi connectivity index (χ1n) is 5.91. The topological polar surface area (TPSA) is 32.3 Å². The summed E-state index contributed by atoms with van der Waals surface area (Å²) >= 11 is 0. The summed E-state index contributed by atoms with van der Waals surface area (Å²) in [6.07, 6.45) is 2.03. The molecule has 1 fully saturated rings. The van der Waals surface area contributed by atoms with E-state index in [-0.39, 0.29) is 5.91 Å². The number of anilines is 1. The minimum absolute atomic E-state index is 0.128. The van der Waals surface area contributed by atoms with E-state index in [9.17, 15) is 4.79 Å². The molecule has 3 heteroatoms. The summed E-state index contributed by atoms with van der Waals surface area (Å²) in [6, 6.07) is 8.34. The van der Waals surface area contributed by atoms with Gasteiger partial charge in [-0.05, 0) is 24.5 Å². The number of rotatable bonds is 2. The number of carbonyl (C=O) groups is 1. The molecule has 0 spiro atoms. The van der Waals surface area contributed by atoms with Gasteiger partial charge in [0.25, 0.3) is 0 Å². The molecule has 16 heavy (non-hydrogen) atoms. The molecule has 2 rings (SSSR count). The first-order chi connectivity index (χ1) is 7.81. The van der Waals surface area contributed by atoms with Crippen molar-refractivity contribution in [1.29, 1.82) is 0 Å². The minimum atomic E-state index is 0.128. The van der Waals surface area contributed by atoms with E-state index in [1.165, 1.54) is 11.3 Å². The lowest BCUT2D eigenvalue weighted by molar-refractivity contribution is -0.119. The molecule has 3 nitrogen and oxygen atoms in total. The molecule has 1 amide bonds. The molecule has 0 saturated carbocycles. The fourth-order valence-electron chi connectivity index (χ4n) is 2.13. The molecule has 1 saturated heterocycles. The second-order valence-electron chi connectivity index (χ2n) is 4.11. The predicted octanol–water partition coefficient (Wildman–Crippen LogP) is 1.58. The van der Waals surface area contributed by atoms with Crippen LogP contribution in [0.1, 0.15) is 18.9 Å². The maximum atomic E-state index is 11.5. The Kier molecular flexibility index (Phi) is 3.44. The number of hydrogen-bond donors (Lipinski definition) is 1. The molecule has 0 unspecified atom stereocenters. The van der Waals surface area contributed by atoms with Crippen LogP contribution in [-0.2, 0) is 11.2 Å². The van der Waals surface area contributed by atoms with Crippen molar-refractivity contribution in [1.82, 2.24) is 5.32 Å². The third kappa shape index (κ3) is 2.35. The molecule has 0 radical (unpaired) electrons. The zero-order chi connectivity index (χ0) is 11.4. The van der Waals surface area contributed by atoms with Crippen molar-refractivity contribution >= 4 is 11.6 Å². The standard InChI is InChI=1S/C13H18N2O/c1-2-11-6-3-4-7-12(11)15-9-5-8-14-13(16)10-15/h3-4,6-7H,2,5,8-10H2,1H3,(H,14,16). The number of para-hydroxylation sites is 1. The SMILES string of the molecule is CCc1ccccc1N1CCCNC(=O)C1. The molecule has 1 N–H and O–H groups in total. The molecule has 1 aromatic carbocycles. The Hall–Kier alpha value is -1.51. The Balaban J connectivity index is 2.24. The number of nitrogens with one attached hydrogen (secondary N) is 1. The van der Waals surface area contributed by atoms with Gasteiger partial charge in [-0.25, -0.2) is 0 Å². The summed E-state index contributed by atoms with van der Waals surface area (Å²) in [5.41, 5.74) is 2.53. The Morgan fingerprint density at radius 1 is 1.38 bits per heavy atom. The third-order valence-corrected chi connectivity index (χ3v) is 2.97. The van der Waals surface area contributed by atoms with Gasteiger partial charge in [-0.1, -0.05) is 25.1 Å². The zero-order valence-electron chi connectivity index (χ0n) is 9.70. The van der Waals surface area contributed by atoms with Gasteiger partial charge in [-0.15, -0.1) is 0 Å². The number of amides is 1. The van der Waals surface area contributed by atoms with Crippen molar-refractivity contribution in [3.05, 3.63) is 29.8 Å². The quantitative estimate of drug-likeness (QED) is 0.817. The highest BCUT2D eigenvalue weighted by atomic mass is 16.2. The van der Waals surface area contributed by atoms with Crippen molar-refractivity contribution in [3.63, 3.8) is 0 Å². The van der Waals surface area contributed by atoms with Crippen molar-refractivity contribution < 1.29 is 4.79 Å². The van der Waals surface area contributed by atoms with Gasteiger partial charge in [-0.2, -0.15) is 0 Å². The van der Waals surface area contributed by atoms with Crippen LogP contribution >= 0.6 is 0 Å². The smallest absolute Gasteiger partial charge is 0.239 e. The molecule has 1 aliphatic heterocycles. The third-order valence-electron chi connectivity index (χ3n) is 2.97. The second-order valence-corrected chi connectivity index (χ2v) is 4.11. The molecular weight excluding hydrogens is 200 g/mol. The lowest BCUT2D eigenvalue weighted by Crippen LogP contribution is -2.33. The molecule has 86 valence electrons. The Morgan fingerprint density at radius 3 is 3.00 bits per heavy atom. The van der Waals surface area contributed by atoms with Crippen LogP contribution in [0.5, 0.6) is 0 Å². The van der Waals surface area contributed by atoms with Gasteiger partial charge in [0.15, 0.2) is 0 Å². The van der Waals surface area contributed by atoms with Gasteiger partial charge < -0.3 is 10.2 Å². The normalized spacial score (nSPS) is 16.8. The van der Waals surface area contributed by atoms with E-state index in [1.807, 2.05) is 6.07 Å². The number of nitrogens with zero attached hydrogens (tertiary/aromatic N) is 1. The van der Waals surface area contributed by atoms with E-state index in [0.29, 0.717) is 6.54 Å². The summed E-state index contributed by atoms with van der Waals surface area (Å²) in [4.78, 5) is 13.7. The lowest BCUT2D eigenvalue weighted by Gasteiger charge is -2.23. The minimum Gasteiger partial charge on any atom is -0.362 e. The first kappa shape index (κ1) is 11.0. The molecule has 0 aromatic heterocycles. The summed E-state index contributed by atoms with van der Waals surface area (Å²) in [7, 11) is 0. The van der Waals surface area contributed by atoms with E-state index in [0.717, 1.165) is 25.9 Å². The largest absolute Gasteiger partial charge is 0.362 e. The summed E-state index contributed by atoms with van der Waals surface area (Å²) in [5, 5.41) is 2.90. The number of aryl methyl sites for hydroxylation is 1. The Labute approximate surface area is 96.5 Å². The maximum absolute atomic E-state index is 11.5. The summed E-state index contributed by atoms with van der Waals surface area (Å²) < 4.78 is 0. The number of carbonyl (C=O) groups excluding carboxylic acids is 1. The molecule has 1 aliphatic rings. The van der Waals surface area contributed by atoms with E-state index in [1.54, 1.807) is 0 Å². The average molecular weight is 218 g/mol. The maximum Gasteiger partial charge on any atom is 0.239 e. The van der Waals surface area contributed by atoms with Gasteiger partial charge in [0.2, 0.25) is 5.91 Å². The second kappa shape index (κ2) is 5.01. The van der Waals surface area contributed by atoms with Crippen molar-refractivity contribution in [2.24, 2.45) is 0 Å². The Bertz CT molecular complexity index is 376. The number of benzene rings is 1. The monoisotopic (exact) mass is 218 g/mol. The molecule has 0 bridgehead atoms. The highest BCUT2D eigenvalue weighted by molar-refractivity contribution is 5.82. The fourth-order valence-corrected chi connectivity index (χ4v) is 2.13.